The van der Waals surface area contributed by atoms with Crippen LogP contribution in [0, 0.1) is 5.92 Å². The number of ketones is 1. The molecule has 2 aromatic carbocycles. The van der Waals surface area contributed by atoms with Gasteiger partial charge in [0.2, 0.25) is 0 Å². The van der Waals surface area contributed by atoms with Gasteiger partial charge in [0.15, 0.2) is 5.78 Å². The second kappa shape index (κ2) is 13.4. The molecular formula is C30H31B2N3O12. The van der Waals surface area contributed by atoms with Crippen LogP contribution in [-0.4, -0.2) is 100.0 Å². The van der Waals surface area contributed by atoms with E-state index in [9.17, 15) is 43.9 Å². The minimum Gasteiger partial charge on any atom is -0.423 e. The fourth-order valence-corrected chi connectivity index (χ4v) is 6.26. The quantitative estimate of drug-likeness (QED) is 0.159. The van der Waals surface area contributed by atoms with Crippen LogP contribution >= 0.6 is 0 Å². The number of nitrogens with one attached hydrogen (secondary N) is 1. The molecule has 15 nitrogen and oxygen atoms in total. The van der Waals surface area contributed by atoms with Crippen LogP contribution < -0.4 is 16.2 Å². The first-order valence-electron chi connectivity index (χ1n) is 15.2. The van der Waals surface area contributed by atoms with Gasteiger partial charge in [-0.2, -0.15) is 0 Å². The number of carbonyl (C=O) groups is 6. The molecule has 2 aromatic rings. The van der Waals surface area contributed by atoms with Crippen molar-refractivity contribution in [1.82, 2.24) is 15.3 Å². The Morgan fingerprint density at radius 3 is 2.13 bits per heavy atom. The van der Waals surface area contributed by atoms with Crippen LogP contribution in [0.15, 0.2) is 36.4 Å². The fourth-order valence-electron chi connectivity index (χ4n) is 6.26. The molecule has 4 heterocycles. The van der Waals surface area contributed by atoms with Gasteiger partial charge in [0, 0.05) is 49.6 Å². The van der Waals surface area contributed by atoms with Gasteiger partial charge in [-0.15, -0.1) is 5.06 Å². The van der Waals surface area contributed by atoms with Crippen LogP contribution in [0.5, 0.6) is 0 Å². The third kappa shape index (κ3) is 6.71. The second-order valence-corrected chi connectivity index (χ2v) is 12.0. The molecular weight excluding hydrogens is 616 g/mol. The normalized spacial score (nSPS) is 20.8. The highest BCUT2D eigenvalue weighted by Crippen LogP contribution is 2.26. The smallest absolute Gasteiger partial charge is 0.423 e. The fraction of sp³-hybridized carbons (Fsp3) is 0.400. The van der Waals surface area contributed by atoms with Crippen molar-refractivity contribution in [3.05, 3.63) is 58.7 Å². The van der Waals surface area contributed by atoms with E-state index < -0.39 is 80.6 Å². The number of likely N-dealkylation sites (tertiary alicyclic amines) is 1. The first-order valence-corrected chi connectivity index (χ1v) is 15.2. The monoisotopic (exact) mass is 647 g/mol. The zero-order chi connectivity index (χ0) is 33.4. The van der Waals surface area contributed by atoms with Crippen molar-refractivity contribution in [2.75, 3.05) is 13.2 Å². The van der Waals surface area contributed by atoms with Crippen molar-refractivity contribution in [3.8, 4) is 0 Å². The summed E-state index contributed by atoms with van der Waals surface area (Å²) >= 11 is 0. The number of amides is 4. The van der Waals surface area contributed by atoms with E-state index in [1.165, 1.54) is 17.0 Å². The molecule has 4 aliphatic rings. The van der Waals surface area contributed by atoms with E-state index >= 15 is 0 Å². The predicted octanol–water partition coefficient (Wildman–Crippen LogP) is -2.30. The standard InChI is InChI=1S/C30H31B2N3O12/c36-13-16(8-28(40)47-35-26(38)5-6-27(35)39)7-25(37)24-11-21(33-29(41)17-1-3-19-14-45-31(43)22(19)9-17)12-34(24)30(42)18-2-4-20-15-46-32(44)23(20)10-18/h1-4,9-10,16,21,24,36,43-44H,5-8,11-15H2,(H,33,41)/t16-,21+,24-/m0/s1. The van der Waals surface area contributed by atoms with Crippen molar-refractivity contribution >= 4 is 60.5 Å². The van der Waals surface area contributed by atoms with Crippen LogP contribution in [0.2, 0.25) is 0 Å². The Morgan fingerprint density at radius 1 is 0.915 bits per heavy atom. The number of imide groups is 1. The number of Topliss-reactive ketones (excluding diaryl/α,β-unsaturated/α-hetero) is 1. The summed E-state index contributed by atoms with van der Waals surface area (Å²) in [4.78, 5) is 83.0. The number of aliphatic hydroxyl groups is 1. The summed E-state index contributed by atoms with van der Waals surface area (Å²) in [5.74, 6) is -4.76. The van der Waals surface area contributed by atoms with Gasteiger partial charge in [0.1, 0.15) is 0 Å². The summed E-state index contributed by atoms with van der Waals surface area (Å²) < 4.78 is 10.4. The predicted molar refractivity (Wildman–Crippen MR) is 160 cm³/mol. The van der Waals surface area contributed by atoms with E-state index in [0.29, 0.717) is 21.6 Å². The van der Waals surface area contributed by atoms with Crippen LogP contribution in [0.1, 0.15) is 63.9 Å². The number of aliphatic hydroxyl groups excluding tert-OH is 1. The molecule has 0 bridgehead atoms. The number of hydrogen-bond donors (Lipinski definition) is 4. The molecule has 0 aliphatic carbocycles. The van der Waals surface area contributed by atoms with Gasteiger partial charge < -0.3 is 39.5 Å². The van der Waals surface area contributed by atoms with Gasteiger partial charge in [-0.25, -0.2) is 4.79 Å². The summed E-state index contributed by atoms with van der Waals surface area (Å²) in [6.45, 7) is -0.241. The maximum absolute atomic E-state index is 13.8. The minimum absolute atomic E-state index is 0.0308. The van der Waals surface area contributed by atoms with E-state index in [1.54, 1.807) is 24.3 Å². The molecule has 2 saturated heterocycles. The van der Waals surface area contributed by atoms with E-state index in [-0.39, 0.29) is 56.6 Å². The Hall–Kier alpha value is -4.41. The largest absolute Gasteiger partial charge is 0.491 e. The highest BCUT2D eigenvalue weighted by molar-refractivity contribution is 6.62. The molecule has 4 amide bonds. The number of hydroxylamine groups is 2. The Labute approximate surface area is 269 Å². The number of nitrogens with zero attached hydrogens (tertiary/aromatic N) is 2. The highest BCUT2D eigenvalue weighted by atomic mass is 16.7. The van der Waals surface area contributed by atoms with Crippen molar-refractivity contribution in [2.24, 2.45) is 5.92 Å². The van der Waals surface area contributed by atoms with Gasteiger partial charge in [-0.3, -0.25) is 24.0 Å². The molecule has 0 saturated carbocycles. The number of benzene rings is 2. The Morgan fingerprint density at radius 2 is 1.51 bits per heavy atom. The number of fused-ring (bicyclic) bond motifs is 2. The molecule has 0 radical (unpaired) electrons. The number of hydrogen-bond acceptors (Lipinski definition) is 12. The van der Waals surface area contributed by atoms with Gasteiger partial charge in [-0.1, -0.05) is 12.1 Å². The number of rotatable bonds is 10. The molecule has 2 fully saturated rings. The molecule has 4 aliphatic heterocycles. The SMILES string of the molecule is O=C(C[C@@H](CO)CC(=O)[C@@H]1C[C@@H](NC(=O)c2ccc3c(c2)B(O)OC3)CN1C(=O)c1ccc2c(c1)B(O)OC2)ON1C(=O)CCC1=O. The van der Waals surface area contributed by atoms with Crippen molar-refractivity contribution in [2.45, 2.75) is 57.4 Å². The second-order valence-electron chi connectivity index (χ2n) is 12.0. The third-order valence-corrected chi connectivity index (χ3v) is 8.80. The highest BCUT2D eigenvalue weighted by Gasteiger charge is 2.42. The molecule has 244 valence electrons. The molecule has 47 heavy (non-hydrogen) atoms. The zero-order valence-corrected chi connectivity index (χ0v) is 25.1. The lowest BCUT2D eigenvalue weighted by Gasteiger charge is -2.25. The summed E-state index contributed by atoms with van der Waals surface area (Å²) in [6.07, 6.45) is -0.964. The van der Waals surface area contributed by atoms with E-state index in [1.807, 2.05) is 0 Å². The van der Waals surface area contributed by atoms with Gasteiger partial charge >= 0.3 is 20.2 Å². The zero-order valence-electron chi connectivity index (χ0n) is 25.1. The molecule has 0 aromatic heterocycles. The average Bonchev–Trinajstić information content (AvgIpc) is 3.83. The lowest BCUT2D eigenvalue weighted by Crippen LogP contribution is -2.43. The van der Waals surface area contributed by atoms with Crippen LogP contribution in [0.25, 0.3) is 0 Å². The molecule has 0 spiro atoms. The third-order valence-electron chi connectivity index (χ3n) is 8.80. The average molecular weight is 647 g/mol. The maximum Gasteiger partial charge on any atom is 0.491 e. The first-order chi connectivity index (χ1) is 22.5. The van der Waals surface area contributed by atoms with E-state index in [4.69, 9.17) is 14.1 Å². The molecule has 17 heteroatoms. The number of carbonyl (C=O) groups excluding carboxylic acids is 6. The lowest BCUT2D eigenvalue weighted by atomic mass is 9.78. The molecule has 3 atom stereocenters. The summed E-state index contributed by atoms with van der Waals surface area (Å²) in [6, 6.07) is 7.78. The molecule has 0 unspecified atom stereocenters. The summed E-state index contributed by atoms with van der Waals surface area (Å²) in [5, 5.41) is 33.4. The van der Waals surface area contributed by atoms with Crippen LogP contribution in [-0.2, 0) is 46.5 Å². The van der Waals surface area contributed by atoms with Crippen LogP contribution in [0.3, 0.4) is 0 Å². The molecule has 6 rings (SSSR count). The van der Waals surface area contributed by atoms with Gasteiger partial charge in [0.05, 0.1) is 25.7 Å². The molecule has 4 N–H and O–H groups in total. The Bertz CT molecular complexity index is 1640. The first kappa shape index (κ1) is 32.5. The minimum atomic E-state index is -1.20. The van der Waals surface area contributed by atoms with Crippen molar-refractivity contribution in [3.63, 3.8) is 0 Å². The van der Waals surface area contributed by atoms with E-state index in [2.05, 4.69) is 5.32 Å². The summed E-state index contributed by atoms with van der Waals surface area (Å²) in [5.41, 5.74) is 2.81. The Balaban J connectivity index is 1.18. The maximum atomic E-state index is 13.8. The van der Waals surface area contributed by atoms with Crippen molar-refractivity contribution in [1.29, 1.82) is 0 Å². The van der Waals surface area contributed by atoms with Gasteiger partial charge in [0.25, 0.3) is 23.6 Å². The summed E-state index contributed by atoms with van der Waals surface area (Å²) in [7, 11) is -2.35. The lowest BCUT2D eigenvalue weighted by molar-refractivity contribution is -0.198. The Kier molecular flexibility index (Phi) is 9.25. The topological polar surface area (TPSA) is 209 Å². The van der Waals surface area contributed by atoms with Crippen molar-refractivity contribution < 1.29 is 58.1 Å². The van der Waals surface area contributed by atoms with E-state index in [0.717, 1.165) is 5.56 Å². The van der Waals surface area contributed by atoms with Gasteiger partial charge in [-0.05, 0) is 58.7 Å². The van der Waals surface area contributed by atoms with Crippen LogP contribution in [0.4, 0.5) is 0 Å².